The maximum absolute atomic E-state index is 13.6. The number of rotatable bonds is 8. The molecule has 1 aromatic carbocycles. The van der Waals surface area contributed by atoms with Crippen LogP contribution in [0.15, 0.2) is 30.6 Å². The molecule has 0 saturated carbocycles. The molecule has 2 amide bonds. The molecule has 0 bridgehead atoms. The number of fused-ring (bicyclic) bond motifs is 1. The van der Waals surface area contributed by atoms with Gasteiger partial charge in [-0.15, -0.1) is 0 Å². The van der Waals surface area contributed by atoms with Crippen LogP contribution < -0.4 is 4.90 Å². The molecule has 1 atom stereocenters. The second kappa shape index (κ2) is 11.4. The number of amides is 2. The highest BCUT2D eigenvalue weighted by molar-refractivity contribution is 6.30. The van der Waals surface area contributed by atoms with Crippen LogP contribution in [0, 0.1) is 0 Å². The van der Waals surface area contributed by atoms with Crippen LogP contribution in [0.4, 0.5) is 10.6 Å². The summed E-state index contributed by atoms with van der Waals surface area (Å²) >= 11 is 6.07. The van der Waals surface area contributed by atoms with Crippen molar-refractivity contribution < 1.29 is 4.79 Å². The summed E-state index contributed by atoms with van der Waals surface area (Å²) in [5.74, 6) is 1.57. The van der Waals surface area contributed by atoms with Crippen LogP contribution in [-0.4, -0.2) is 83.1 Å². The molecule has 7 nitrogen and oxygen atoms in total. The smallest absolute Gasteiger partial charge is 0.320 e. The summed E-state index contributed by atoms with van der Waals surface area (Å²) in [4.78, 5) is 31.4. The number of aryl methyl sites for hydroxylation is 1. The third kappa shape index (κ3) is 5.63. The third-order valence-electron chi connectivity index (χ3n) is 7.24. The van der Waals surface area contributed by atoms with Gasteiger partial charge < -0.3 is 19.6 Å². The first kappa shape index (κ1) is 24.7. The van der Waals surface area contributed by atoms with Gasteiger partial charge in [0.05, 0.1) is 0 Å². The van der Waals surface area contributed by atoms with Gasteiger partial charge in [-0.05, 0) is 49.5 Å². The van der Waals surface area contributed by atoms with Crippen molar-refractivity contribution in [1.29, 1.82) is 0 Å². The van der Waals surface area contributed by atoms with Gasteiger partial charge in [0.1, 0.15) is 12.1 Å². The zero-order valence-corrected chi connectivity index (χ0v) is 21.5. The minimum Gasteiger partial charge on any atom is -0.353 e. The van der Waals surface area contributed by atoms with E-state index in [1.807, 2.05) is 34.1 Å². The molecule has 34 heavy (non-hydrogen) atoms. The number of carbonyl (C=O) groups excluding carboxylic acids is 1. The largest absolute Gasteiger partial charge is 0.353 e. The Morgan fingerprint density at radius 2 is 1.76 bits per heavy atom. The zero-order chi connectivity index (χ0) is 24.1. The lowest BCUT2D eigenvalue weighted by Crippen LogP contribution is -2.54. The van der Waals surface area contributed by atoms with Gasteiger partial charge in [-0.3, -0.25) is 0 Å². The summed E-state index contributed by atoms with van der Waals surface area (Å²) < 4.78 is 0. The summed E-state index contributed by atoms with van der Waals surface area (Å²) in [5, 5.41) is 0.714. The molecule has 1 fully saturated rings. The molecule has 0 N–H and O–H groups in total. The van der Waals surface area contributed by atoms with Crippen LogP contribution in [0.2, 0.25) is 5.02 Å². The summed E-state index contributed by atoms with van der Waals surface area (Å²) in [6.45, 7) is 13.7. The highest BCUT2D eigenvalue weighted by Crippen LogP contribution is 2.37. The number of aromatic nitrogens is 2. The van der Waals surface area contributed by atoms with Crippen molar-refractivity contribution in [3.63, 3.8) is 0 Å². The zero-order valence-electron chi connectivity index (χ0n) is 20.7. The summed E-state index contributed by atoms with van der Waals surface area (Å²) in [7, 11) is 0. The number of nitrogens with zero attached hydrogens (tertiary/aromatic N) is 6. The van der Waals surface area contributed by atoms with E-state index in [1.54, 1.807) is 6.33 Å². The van der Waals surface area contributed by atoms with Crippen LogP contribution in [0.1, 0.15) is 49.9 Å². The van der Waals surface area contributed by atoms with E-state index in [-0.39, 0.29) is 6.03 Å². The number of carbonyl (C=O) groups is 1. The summed E-state index contributed by atoms with van der Waals surface area (Å²) in [6.07, 6.45) is 3.88. The molecular formula is C26H37ClN6O. The first-order valence-electron chi connectivity index (χ1n) is 12.6. The Hall–Kier alpha value is -2.38. The predicted molar refractivity (Wildman–Crippen MR) is 138 cm³/mol. The molecule has 0 spiro atoms. The van der Waals surface area contributed by atoms with Crippen LogP contribution >= 0.6 is 11.6 Å². The second-order valence-corrected chi connectivity index (χ2v) is 9.77. The fourth-order valence-electron chi connectivity index (χ4n) is 5.04. The van der Waals surface area contributed by atoms with E-state index in [0.29, 0.717) is 37.1 Å². The molecule has 4 rings (SSSR count). The van der Waals surface area contributed by atoms with E-state index in [1.165, 1.54) is 11.3 Å². The van der Waals surface area contributed by atoms with Crippen molar-refractivity contribution in [3.05, 3.63) is 52.4 Å². The van der Waals surface area contributed by atoms with Gasteiger partial charge in [-0.2, -0.15) is 0 Å². The maximum Gasteiger partial charge on any atom is 0.320 e. The Kier molecular flexibility index (Phi) is 8.27. The quantitative estimate of drug-likeness (QED) is 0.560. The number of halogens is 1. The van der Waals surface area contributed by atoms with Crippen molar-refractivity contribution in [2.24, 2.45) is 0 Å². The molecule has 1 saturated heterocycles. The van der Waals surface area contributed by atoms with Crippen molar-refractivity contribution >= 4 is 23.4 Å². The standard InChI is InChI=1S/C26H37ClN6O/c1-4-30(5-2)12-13-33(18-21-7-9-22(27)10-8-21)26(34)32-16-14-31(15-17-32)25-24-20(3)6-11-23(24)28-19-29-25/h7-10,19-20H,4-6,11-18H2,1-3H3. The molecule has 8 heteroatoms. The number of piperazine rings is 1. The first-order valence-corrected chi connectivity index (χ1v) is 13.0. The van der Waals surface area contributed by atoms with E-state index in [0.717, 1.165) is 56.9 Å². The molecule has 2 heterocycles. The van der Waals surface area contributed by atoms with Crippen molar-refractivity contribution in [2.45, 2.75) is 46.1 Å². The minimum atomic E-state index is 0.114. The summed E-state index contributed by atoms with van der Waals surface area (Å²) in [6, 6.07) is 7.92. The molecule has 1 aliphatic heterocycles. The van der Waals surface area contributed by atoms with Crippen molar-refractivity contribution in [3.8, 4) is 0 Å². The predicted octanol–water partition coefficient (Wildman–Crippen LogP) is 4.27. The van der Waals surface area contributed by atoms with E-state index < -0.39 is 0 Å². The van der Waals surface area contributed by atoms with Crippen molar-refractivity contribution in [2.75, 3.05) is 57.3 Å². The lowest BCUT2D eigenvalue weighted by molar-refractivity contribution is 0.139. The maximum atomic E-state index is 13.6. The van der Waals surface area contributed by atoms with Crippen LogP contribution in [0.3, 0.4) is 0 Å². The number of hydrogen-bond acceptors (Lipinski definition) is 5. The van der Waals surface area contributed by atoms with E-state index >= 15 is 0 Å². The number of anilines is 1. The number of likely N-dealkylation sites (N-methyl/N-ethyl adjacent to an activating group) is 1. The van der Waals surface area contributed by atoms with Gasteiger partial charge in [0, 0.05) is 62.1 Å². The molecule has 1 aliphatic carbocycles. The Labute approximate surface area is 208 Å². The van der Waals surface area contributed by atoms with Gasteiger partial charge in [-0.25, -0.2) is 14.8 Å². The Morgan fingerprint density at radius 1 is 1.06 bits per heavy atom. The highest BCUT2D eigenvalue weighted by Gasteiger charge is 2.30. The molecule has 1 unspecified atom stereocenters. The Bertz CT molecular complexity index is 956. The lowest BCUT2D eigenvalue weighted by atomic mass is 10.1. The topological polar surface area (TPSA) is 55.8 Å². The Balaban J connectivity index is 1.42. The van der Waals surface area contributed by atoms with E-state index in [9.17, 15) is 4.79 Å². The van der Waals surface area contributed by atoms with E-state index in [4.69, 9.17) is 11.6 Å². The first-order chi connectivity index (χ1) is 16.5. The highest BCUT2D eigenvalue weighted by atomic mass is 35.5. The van der Waals surface area contributed by atoms with Gasteiger partial charge in [0.15, 0.2) is 0 Å². The summed E-state index contributed by atoms with van der Waals surface area (Å²) in [5.41, 5.74) is 3.61. The fourth-order valence-corrected chi connectivity index (χ4v) is 5.17. The monoisotopic (exact) mass is 484 g/mol. The minimum absolute atomic E-state index is 0.114. The number of hydrogen-bond donors (Lipinski definition) is 0. The number of urea groups is 1. The molecular weight excluding hydrogens is 448 g/mol. The van der Waals surface area contributed by atoms with Gasteiger partial charge >= 0.3 is 6.03 Å². The molecule has 0 radical (unpaired) electrons. The van der Waals surface area contributed by atoms with Crippen molar-refractivity contribution in [1.82, 2.24) is 24.7 Å². The second-order valence-electron chi connectivity index (χ2n) is 9.33. The molecule has 184 valence electrons. The number of benzene rings is 1. The van der Waals surface area contributed by atoms with Crippen LogP contribution in [0.5, 0.6) is 0 Å². The van der Waals surface area contributed by atoms with E-state index in [2.05, 4.69) is 40.5 Å². The molecule has 1 aromatic heterocycles. The SMILES string of the molecule is CCN(CC)CCN(Cc1ccc(Cl)cc1)C(=O)N1CCN(c2ncnc3c2C(C)CC3)CC1. The molecule has 2 aliphatic rings. The van der Waals surface area contributed by atoms with Gasteiger partial charge in [-0.1, -0.05) is 44.5 Å². The van der Waals surface area contributed by atoms with Gasteiger partial charge in [0.25, 0.3) is 0 Å². The van der Waals surface area contributed by atoms with Gasteiger partial charge in [0.2, 0.25) is 0 Å². The third-order valence-corrected chi connectivity index (χ3v) is 7.49. The average Bonchev–Trinajstić information content (AvgIpc) is 3.25. The van der Waals surface area contributed by atoms with Crippen LogP contribution in [-0.2, 0) is 13.0 Å². The molecule has 2 aromatic rings. The lowest BCUT2D eigenvalue weighted by Gasteiger charge is -2.39. The fraction of sp³-hybridized carbons (Fsp3) is 0.577. The Morgan fingerprint density at radius 3 is 2.44 bits per heavy atom. The average molecular weight is 485 g/mol. The normalized spacial score (nSPS) is 17.9. The van der Waals surface area contributed by atoms with Crippen LogP contribution in [0.25, 0.3) is 0 Å².